The van der Waals surface area contributed by atoms with Crippen molar-refractivity contribution in [3.8, 4) is 23.0 Å². The lowest BCUT2D eigenvalue weighted by Gasteiger charge is -2.34. The summed E-state index contributed by atoms with van der Waals surface area (Å²) in [5.41, 5.74) is 8.47. The number of amides is 2. The molecule has 0 aromatic heterocycles. The van der Waals surface area contributed by atoms with Gasteiger partial charge >= 0.3 is 12.2 Å². The Labute approximate surface area is 316 Å². The van der Waals surface area contributed by atoms with Crippen LogP contribution >= 0.6 is 0 Å². The molecule has 0 spiro atoms. The maximum Gasteiger partial charge on any atom is 0.410 e. The van der Waals surface area contributed by atoms with E-state index in [2.05, 4.69) is 5.32 Å². The minimum absolute atomic E-state index is 0.218. The van der Waals surface area contributed by atoms with E-state index in [9.17, 15) is 14.4 Å². The van der Waals surface area contributed by atoms with E-state index < -0.39 is 11.2 Å². The van der Waals surface area contributed by atoms with Gasteiger partial charge in [-0.15, -0.1) is 0 Å². The van der Waals surface area contributed by atoms with Crippen LogP contribution in [0.2, 0.25) is 0 Å². The van der Waals surface area contributed by atoms with Crippen LogP contribution in [0, 0.1) is 13.8 Å². The Kier molecular flexibility index (Phi) is 17.7. The minimum atomic E-state index is -0.454. The second kappa shape index (κ2) is 20.9. The number of benzene rings is 2. The molecule has 2 saturated heterocycles. The molecule has 2 aromatic carbocycles. The zero-order valence-corrected chi connectivity index (χ0v) is 34.1. The van der Waals surface area contributed by atoms with Crippen molar-refractivity contribution in [1.82, 2.24) is 15.1 Å². The van der Waals surface area contributed by atoms with E-state index in [-0.39, 0.29) is 18.2 Å². The first kappa shape index (κ1) is 44.9. The van der Waals surface area contributed by atoms with Gasteiger partial charge in [0.25, 0.3) is 0 Å². The van der Waals surface area contributed by atoms with Crippen LogP contribution in [0.4, 0.5) is 9.59 Å². The quantitative estimate of drug-likeness (QED) is 0.279. The molecular weight excluding hydrogens is 680 g/mol. The van der Waals surface area contributed by atoms with Gasteiger partial charge in [-0.2, -0.15) is 0 Å². The van der Waals surface area contributed by atoms with Crippen molar-refractivity contribution in [2.45, 2.75) is 111 Å². The Bertz CT molecular complexity index is 1420. The maximum absolute atomic E-state index is 12.1. The number of nitrogens with one attached hydrogen (secondary N) is 1. The number of hydrogen-bond donors (Lipinski definition) is 2. The van der Waals surface area contributed by atoms with Crippen LogP contribution in [0.1, 0.15) is 94.3 Å². The van der Waals surface area contributed by atoms with Crippen LogP contribution in [0.3, 0.4) is 0 Å². The fraction of sp³-hybridized carbons (Fsp3) is 0.625. The lowest BCUT2D eigenvalue weighted by Crippen LogP contribution is -2.46. The highest BCUT2D eigenvalue weighted by molar-refractivity contribution is 5.84. The van der Waals surface area contributed by atoms with Crippen molar-refractivity contribution in [1.29, 1.82) is 0 Å². The van der Waals surface area contributed by atoms with Crippen molar-refractivity contribution in [3.05, 3.63) is 46.5 Å². The third kappa shape index (κ3) is 15.3. The number of methoxy groups -OCH3 is 4. The van der Waals surface area contributed by atoms with Crippen LogP contribution in [-0.2, 0) is 16.0 Å². The van der Waals surface area contributed by atoms with Crippen LogP contribution in [0.5, 0.6) is 23.0 Å². The highest BCUT2D eigenvalue weighted by atomic mass is 16.6. The van der Waals surface area contributed by atoms with E-state index in [1.807, 2.05) is 67.5 Å². The maximum atomic E-state index is 12.1. The Balaban J connectivity index is 0.000000303. The number of piperidine rings is 2. The lowest BCUT2D eigenvalue weighted by atomic mass is 10.0. The highest BCUT2D eigenvalue weighted by Crippen LogP contribution is 2.31. The average Bonchev–Trinajstić information content (AvgIpc) is 3.09. The van der Waals surface area contributed by atoms with Crippen molar-refractivity contribution in [2.24, 2.45) is 5.73 Å². The Morgan fingerprint density at radius 2 is 1.06 bits per heavy atom. The van der Waals surface area contributed by atoms with Gasteiger partial charge in [0, 0.05) is 50.4 Å². The van der Waals surface area contributed by atoms with Crippen molar-refractivity contribution in [2.75, 3.05) is 54.6 Å². The van der Waals surface area contributed by atoms with Crippen LogP contribution in [0.15, 0.2) is 24.3 Å². The number of aldehydes is 1. The second-order valence-corrected chi connectivity index (χ2v) is 15.3. The molecule has 0 unspecified atom stereocenters. The molecule has 0 atom stereocenters. The van der Waals surface area contributed by atoms with Gasteiger partial charge in [0.05, 0.1) is 34.0 Å². The van der Waals surface area contributed by atoms with Crippen LogP contribution in [-0.4, -0.2) is 106 Å². The van der Waals surface area contributed by atoms with Gasteiger partial charge in [0.15, 0.2) is 6.29 Å². The summed E-state index contributed by atoms with van der Waals surface area (Å²) in [6, 6.07) is 8.23. The molecular formula is C40H64N4O9. The third-order valence-corrected chi connectivity index (χ3v) is 8.46. The van der Waals surface area contributed by atoms with Crippen molar-refractivity contribution < 1.29 is 42.8 Å². The summed E-state index contributed by atoms with van der Waals surface area (Å²) in [4.78, 5) is 38.0. The molecule has 298 valence electrons. The minimum Gasteiger partial charge on any atom is -0.496 e. The predicted molar refractivity (Wildman–Crippen MR) is 207 cm³/mol. The molecule has 13 nitrogen and oxygen atoms in total. The number of likely N-dealkylation sites (tertiary alicyclic amines) is 2. The normalized spacial score (nSPS) is 15.2. The number of nitrogens with zero attached hydrogens (tertiary/aromatic N) is 2. The smallest absolute Gasteiger partial charge is 0.410 e. The van der Waals surface area contributed by atoms with Gasteiger partial charge in [0.2, 0.25) is 0 Å². The molecule has 0 saturated carbocycles. The molecule has 2 aliphatic rings. The molecule has 2 heterocycles. The summed E-state index contributed by atoms with van der Waals surface area (Å²) in [7, 11) is 6.41. The fourth-order valence-electron chi connectivity index (χ4n) is 5.72. The second-order valence-electron chi connectivity index (χ2n) is 15.3. The zero-order chi connectivity index (χ0) is 39.9. The van der Waals surface area contributed by atoms with Crippen molar-refractivity contribution in [3.63, 3.8) is 0 Å². The first-order valence-electron chi connectivity index (χ1n) is 18.2. The fourth-order valence-corrected chi connectivity index (χ4v) is 5.72. The van der Waals surface area contributed by atoms with Gasteiger partial charge in [-0.3, -0.25) is 4.79 Å². The largest absolute Gasteiger partial charge is 0.496 e. The first-order chi connectivity index (χ1) is 24.8. The van der Waals surface area contributed by atoms with E-state index in [0.29, 0.717) is 42.7 Å². The number of carbonyl (C=O) groups is 3. The molecule has 4 rings (SSSR count). The number of rotatable bonds is 8. The SMILES string of the molecule is CC(C)(C)OC(=O)N1CCC(N)CC1.COc1cc(C)cc(OC)c1C=O.COc1cc(C)cc(OC)c1CNC1CCN(C(=O)OC(C)(C)C)CC1. The van der Waals surface area contributed by atoms with Crippen LogP contribution in [0.25, 0.3) is 0 Å². The summed E-state index contributed by atoms with van der Waals surface area (Å²) in [5, 5.41) is 3.58. The number of nitrogens with two attached hydrogens (primary N) is 1. The summed E-state index contributed by atoms with van der Waals surface area (Å²) in [5.74, 6) is 2.76. The molecule has 2 fully saturated rings. The van der Waals surface area contributed by atoms with E-state index in [0.717, 1.165) is 73.2 Å². The number of ether oxygens (including phenoxy) is 6. The molecule has 53 heavy (non-hydrogen) atoms. The first-order valence-corrected chi connectivity index (χ1v) is 18.2. The average molecular weight is 745 g/mol. The van der Waals surface area contributed by atoms with E-state index >= 15 is 0 Å². The molecule has 2 amide bonds. The van der Waals surface area contributed by atoms with Gasteiger partial charge in [-0.25, -0.2) is 9.59 Å². The van der Waals surface area contributed by atoms with Gasteiger partial charge in [-0.1, -0.05) is 0 Å². The summed E-state index contributed by atoms with van der Waals surface area (Å²) in [6.45, 7) is 18.8. The Morgan fingerprint density at radius 1 is 0.698 bits per heavy atom. The lowest BCUT2D eigenvalue weighted by molar-refractivity contribution is 0.0191. The molecule has 0 bridgehead atoms. The highest BCUT2D eigenvalue weighted by Gasteiger charge is 2.28. The Hall–Kier alpha value is -4.23. The van der Waals surface area contributed by atoms with Crippen molar-refractivity contribution >= 4 is 18.5 Å². The van der Waals surface area contributed by atoms with Gasteiger partial charge < -0.3 is 49.3 Å². The molecule has 3 N–H and O–H groups in total. The van der Waals surface area contributed by atoms with Gasteiger partial charge in [-0.05, 0) is 116 Å². The predicted octanol–water partition coefficient (Wildman–Crippen LogP) is 6.67. The summed E-state index contributed by atoms with van der Waals surface area (Å²) in [6.07, 6.45) is 3.84. The zero-order valence-electron chi connectivity index (χ0n) is 34.1. The molecule has 0 aliphatic carbocycles. The summed E-state index contributed by atoms with van der Waals surface area (Å²) >= 11 is 0. The molecule has 0 radical (unpaired) electrons. The van der Waals surface area contributed by atoms with E-state index in [4.69, 9.17) is 34.2 Å². The van der Waals surface area contributed by atoms with E-state index in [1.165, 1.54) is 14.2 Å². The van der Waals surface area contributed by atoms with Crippen LogP contribution < -0.4 is 30.0 Å². The van der Waals surface area contributed by atoms with Gasteiger partial charge in [0.1, 0.15) is 34.2 Å². The molecule has 2 aliphatic heterocycles. The summed E-state index contributed by atoms with van der Waals surface area (Å²) < 4.78 is 31.8. The molecule has 2 aromatic rings. The Morgan fingerprint density at radius 3 is 1.40 bits per heavy atom. The van der Waals surface area contributed by atoms with E-state index in [1.54, 1.807) is 36.2 Å². The molecule has 13 heteroatoms. The monoisotopic (exact) mass is 744 g/mol. The third-order valence-electron chi connectivity index (χ3n) is 8.46. The topological polar surface area (TPSA) is 151 Å². The number of carbonyl (C=O) groups excluding carboxylic acids is 3. The number of aryl methyl sites for hydroxylation is 2. The number of hydrogen-bond acceptors (Lipinski definition) is 11. The standard InChI is InChI=1S/C20H32N2O4.C10H20N2O2.C10H12O3/c1-14-11-17(24-5)16(18(12-14)25-6)13-21-15-7-9-22(10-8-15)19(23)26-20(2,3)4;1-10(2,3)14-9(13)12-6-4-8(11)5-7-12;1-7-4-9(12-2)8(6-11)10(5-7)13-3/h11-12,15,21H,7-10,13H2,1-6H3;8H,4-7,11H2,1-3H3;4-6H,1-3H3.